The molecule has 0 saturated carbocycles. The maximum absolute atomic E-state index is 9.24. The van der Waals surface area contributed by atoms with Crippen molar-refractivity contribution in [2.45, 2.75) is 19.4 Å². The van der Waals surface area contributed by atoms with E-state index in [-0.39, 0.29) is 17.1 Å². The molecule has 1 nitrogen and oxygen atoms in total. The van der Waals surface area contributed by atoms with E-state index in [0.29, 0.717) is 0 Å². The smallest absolute Gasteiger partial charge is 0.379 e. The maximum Gasteiger partial charge on any atom is 2.00 e. The molecule has 0 spiro atoms. The third-order valence-corrected chi connectivity index (χ3v) is 2.52. The fourth-order valence-electron chi connectivity index (χ4n) is 1.03. The van der Waals surface area contributed by atoms with Crippen LogP contribution in [0.5, 0.6) is 0 Å². The summed E-state index contributed by atoms with van der Waals surface area (Å²) in [5, 5.41) is 9.24. The molecule has 0 atom stereocenters. The van der Waals surface area contributed by atoms with Crippen LogP contribution in [0.2, 0.25) is 0 Å². The van der Waals surface area contributed by atoms with E-state index in [1.165, 1.54) is 3.57 Å². The molecule has 0 radical (unpaired) electrons. The van der Waals surface area contributed by atoms with Crippen LogP contribution in [0, 0.1) is 15.4 Å². The molecule has 0 aromatic heterocycles. The molecule has 96 valence electrons. The van der Waals surface area contributed by atoms with Gasteiger partial charge in [0.05, 0.1) is 0 Å². The Bertz CT molecular complexity index is 467. The second-order valence-corrected chi connectivity index (χ2v) is 5.33. The molecule has 3 heteroatoms. The first-order valence-corrected chi connectivity index (χ1v) is 6.40. The van der Waals surface area contributed by atoms with Crippen LogP contribution in [0.3, 0.4) is 0 Å². The zero-order valence-electron chi connectivity index (χ0n) is 10.3. The van der Waals surface area contributed by atoms with Crippen molar-refractivity contribution in [3.05, 3.63) is 57.7 Å². The number of hydrogen-bond donors (Lipinski definition) is 1. The Kier molecular flexibility index (Phi) is 8.30. The fraction of sp³-hybridized carbons (Fsp3) is 0.200. The normalized spacial score (nSPS) is 9.33. The molecular weight excluding hydrogens is 379 g/mol. The minimum absolute atomic E-state index is 0. The van der Waals surface area contributed by atoms with E-state index in [1.807, 2.05) is 36.4 Å². The number of hydrogen-bond acceptors (Lipinski definition) is 1. The van der Waals surface area contributed by atoms with Gasteiger partial charge in [-0.15, -0.1) is 21.1 Å². The van der Waals surface area contributed by atoms with Gasteiger partial charge in [0.1, 0.15) is 5.60 Å². The van der Waals surface area contributed by atoms with Crippen molar-refractivity contribution >= 4 is 22.6 Å². The second kappa shape index (κ2) is 8.55. The van der Waals surface area contributed by atoms with E-state index in [0.717, 1.165) is 5.56 Å². The van der Waals surface area contributed by atoms with E-state index < -0.39 is 5.60 Å². The summed E-state index contributed by atoms with van der Waals surface area (Å²) < 4.78 is 1.31. The number of aliphatic hydroxyl groups is 1. The first kappa shape index (κ1) is 17.5. The van der Waals surface area contributed by atoms with Gasteiger partial charge >= 0.3 is 17.1 Å². The second-order valence-electron chi connectivity index (χ2n) is 4.09. The predicted molar refractivity (Wildman–Crippen MR) is 80.0 cm³/mol. The van der Waals surface area contributed by atoms with Crippen molar-refractivity contribution in [2.75, 3.05) is 0 Å². The summed E-state index contributed by atoms with van der Waals surface area (Å²) in [7, 11) is 0. The van der Waals surface area contributed by atoms with Gasteiger partial charge < -0.3 is 5.11 Å². The third kappa shape index (κ3) is 8.54. The largest absolute Gasteiger partial charge is 2.00 e. The Morgan fingerprint density at radius 2 is 1.78 bits per heavy atom. The molecule has 2 rings (SSSR count). The van der Waals surface area contributed by atoms with E-state index in [9.17, 15) is 5.11 Å². The SMILES string of the molecule is CC(C)(O)C#Cc1ccc[cH-]1.Ic1ccc[cH-]1.[Fe+2]. The first-order chi connectivity index (χ1) is 7.97. The summed E-state index contributed by atoms with van der Waals surface area (Å²) in [6.45, 7) is 3.34. The Morgan fingerprint density at radius 3 is 2.11 bits per heavy atom. The van der Waals surface area contributed by atoms with Crippen molar-refractivity contribution in [3.63, 3.8) is 0 Å². The van der Waals surface area contributed by atoms with Gasteiger partial charge in [0.2, 0.25) is 0 Å². The molecule has 0 amide bonds. The van der Waals surface area contributed by atoms with Gasteiger partial charge in [-0.25, -0.2) is 12.1 Å². The molecular formula is C15H15FeIO. The van der Waals surface area contributed by atoms with Crippen LogP contribution in [-0.4, -0.2) is 10.7 Å². The molecule has 0 aliphatic heterocycles. The van der Waals surface area contributed by atoms with Crippen LogP contribution in [0.25, 0.3) is 0 Å². The van der Waals surface area contributed by atoms with Gasteiger partial charge in [0.25, 0.3) is 0 Å². The summed E-state index contributed by atoms with van der Waals surface area (Å²) >= 11 is 2.28. The van der Waals surface area contributed by atoms with E-state index in [2.05, 4.69) is 46.6 Å². The van der Waals surface area contributed by atoms with Gasteiger partial charge in [-0.05, 0) is 13.8 Å². The fourth-order valence-corrected chi connectivity index (χ4v) is 1.45. The van der Waals surface area contributed by atoms with Gasteiger partial charge in [0, 0.05) is 0 Å². The van der Waals surface area contributed by atoms with Crippen LogP contribution in [0.4, 0.5) is 0 Å². The van der Waals surface area contributed by atoms with Gasteiger partial charge in [-0.2, -0.15) is 36.3 Å². The quantitative estimate of drug-likeness (QED) is 0.314. The average Bonchev–Trinajstić information content (AvgIpc) is 2.86. The van der Waals surface area contributed by atoms with Crippen molar-refractivity contribution in [3.8, 4) is 11.8 Å². The van der Waals surface area contributed by atoms with Crippen LogP contribution in [0.1, 0.15) is 19.4 Å². The van der Waals surface area contributed by atoms with Gasteiger partial charge in [0.15, 0.2) is 0 Å². The van der Waals surface area contributed by atoms with Gasteiger partial charge in [-0.1, -0.05) is 22.6 Å². The van der Waals surface area contributed by atoms with Crippen molar-refractivity contribution in [2.24, 2.45) is 0 Å². The minimum Gasteiger partial charge on any atom is -0.379 e. The minimum atomic E-state index is -0.892. The maximum atomic E-state index is 9.24. The van der Waals surface area contributed by atoms with Crippen LogP contribution >= 0.6 is 22.6 Å². The van der Waals surface area contributed by atoms with Gasteiger partial charge in [-0.3, -0.25) is 0 Å². The van der Waals surface area contributed by atoms with Crippen LogP contribution < -0.4 is 0 Å². The zero-order chi connectivity index (χ0) is 12.7. The Labute approximate surface area is 133 Å². The average molecular weight is 394 g/mol. The molecule has 0 bridgehead atoms. The van der Waals surface area contributed by atoms with E-state index in [1.54, 1.807) is 13.8 Å². The predicted octanol–water partition coefficient (Wildman–Crippen LogP) is 3.54. The van der Waals surface area contributed by atoms with Crippen molar-refractivity contribution in [1.82, 2.24) is 0 Å². The summed E-state index contributed by atoms with van der Waals surface area (Å²) in [4.78, 5) is 0. The zero-order valence-corrected chi connectivity index (χ0v) is 13.6. The number of rotatable bonds is 0. The molecule has 0 fully saturated rings. The van der Waals surface area contributed by atoms with Crippen LogP contribution in [0.15, 0.2) is 48.5 Å². The first-order valence-electron chi connectivity index (χ1n) is 5.32. The third-order valence-electron chi connectivity index (χ3n) is 1.80. The molecule has 0 heterocycles. The van der Waals surface area contributed by atoms with E-state index >= 15 is 0 Å². The Hall–Kier alpha value is -0.531. The molecule has 0 aliphatic carbocycles. The molecule has 0 saturated heterocycles. The topological polar surface area (TPSA) is 20.2 Å². The summed E-state index contributed by atoms with van der Waals surface area (Å²) in [6.07, 6.45) is 0. The van der Waals surface area contributed by atoms with Crippen LogP contribution in [-0.2, 0) is 17.1 Å². The molecule has 2 aromatic rings. The summed E-state index contributed by atoms with van der Waals surface area (Å²) in [5.74, 6) is 5.59. The molecule has 0 aliphatic rings. The monoisotopic (exact) mass is 394 g/mol. The van der Waals surface area contributed by atoms with E-state index in [4.69, 9.17) is 0 Å². The molecule has 1 N–H and O–H groups in total. The summed E-state index contributed by atoms with van der Waals surface area (Å²) in [6, 6.07) is 15.9. The standard InChI is InChI=1S/C10H11O.C5H4I.Fe/c1-10(2,11)8-7-9-5-3-4-6-9;6-5-3-1-2-4-5;/h3-6,11H,1-2H3;1-4H;/q2*-1;+2. The molecule has 18 heavy (non-hydrogen) atoms. The summed E-state index contributed by atoms with van der Waals surface area (Å²) in [5.41, 5.74) is 0.0594. The Morgan fingerprint density at radius 1 is 1.17 bits per heavy atom. The Balaban J connectivity index is 0.000000352. The van der Waals surface area contributed by atoms with Crippen molar-refractivity contribution < 1.29 is 22.2 Å². The molecule has 0 unspecified atom stereocenters. The number of halogens is 1. The van der Waals surface area contributed by atoms with Crippen molar-refractivity contribution in [1.29, 1.82) is 0 Å². The molecule has 2 aromatic carbocycles.